The van der Waals surface area contributed by atoms with Crippen molar-refractivity contribution in [2.24, 2.45) is 0 Å². The van der Waals surface area contributed by atoms with Crippen molar-refractivity contribution < 1.29 is 41.3 Å². The Bertz CT molecular complexity index is 1060. The molecule has 0 aliphatic heterocycles. The van der Waals surface area contributed by atoms with Gasteiger partial charge in [-0.05, 0) is 60.4 Å². The summed E-state index contributed by atoms with van der Waals surface area (Å²) in [6.07, 6.45) is -9.74. The molecule has 0 radical (unpaired) electrons. The lowest BCUT2D eigenvalue weighted by molar-refractivity contribution is -0.140. The molecule has 0 fully saturated rings. The molecular formula is C21H18F6O3S2. The van der Waals surface area contributed by atoms with Crippen molar-refractivity contribution in [1.82, 2.24) is 0 Å². The van der Waals surface area contributed by atoms with Gasteiger partial charge >= 0.3 is 12.4 Å². The van der Waals surface area contributed by atoms with E-state index in [2.05, 4.69) is 0 Å². The van der Waals surface area contributed by atoms with E-state index in [0.717, 1.165) is 34.5 Å². The van der Waals surface area contributed by atoms with Crippen LogP contribution in [0.1, 0.15) is 22.4 Å². The second-order valence-corrected chi connectivity index (χ2v) is 9.20. The van der Waals surface area contributed by atoms with Crippen molar-refractivity contribution in [2.75, 3.05) is 12.4 Å². The summed E-state index contributed by atoms with van der Waals surface area (Å²) in [5, 5.41) is 18.3. The Morgan fingerprint density at radius 1 is 0.938 bits per heavy atom. The Morgan fingerprint density at radius 2 is 1.69 bits per heavy atom. The van der Waals surface area contributed by atoms with Gasteiger partial charge in [0, 0.05) is 14.5 Å². The van der Waals surface area contributed by atoms with Crippen molar-refractivity contribution in [2.45, 2.75) is 36.4 Å². The van der Waals surface area contributed by atoms with E-state index >= 15 is 0 Å². The molecule has 0 aliphatic carbocycles. The van der Waals surface area contributed by atoms with Crippen molar-refractivity contribution >= 4 is 33.2 Å². The van der Waals surface area contributed by atoms with Crippen LogP contribution in [0.25, 0.3) is 10.1 Å². The van der Waals surface area contributed by atoms with Crippen molar-refractivity contribution in [3.05, 3.63) is 58.5 Å². The molecule has 0 saturated carbocycles. The van der Waals surface area contributed by atoms with Crippen molar-refractivity contribution in [3.8, 4) is 5.75 Å². The summed E-state index contributed by atoms with van der Waals surface area (Å²) in [7, 11) is 0. The first-order valence-corrected chi connectivity index (χ1v) is 11.2. The number of benzene rings is 2. The summed E-state index contributed by atoms with van der Waals surface area (Å²) in [4.78, 5) is 1.28. The second-order valence-electron chi connectivity index (χ2n) is 6.86. The first-order valence-electron chi connectivity index (χ1n) is 9.36. The van der Waals surface area contributed by atoms with Crippen LogP contribution in [0.2, 0.25) is 0 Å². The van der Waals surface area contributed by atoms with Crippen LogP contribution in [-0.2, 0) is 18.8 Å². The minimum atomic E-state index is -4.67. The van der Waals surface area contributed by atoms with E-state index in [9.17, 15) is 26.3 Å². The molecule has 2 aromatic carbocycles. The number of rotatable bonds is 8. The lowest BCUT2D eigenvalue weighted by atomic mass is 10.1. The number of halogens is 6. The predicted molar refractivity (Wildman–Crippen MR) is 111 cm³/mol. The topological polar surface area (TPSA) is 49.7 Å². The molecule has 3 rings (SSSR count). The minimum absolute atomic E-state index is 0.375. The fourth-order valence-electron chi connectivity index (χ4n) is 2.93. The largest absolute Gasteiger partial charge is 0.488 e. The summed E-state index contributed by atoms with van der Waals surface area (Å²) < 4.78 is 83.7. The van der Waals surface area contributed by atoms with Gasteiger partial charge in [-0.3, -0.25) is 0 Å². The molecule has 0 spiro atoms. The number of hydrogen-bond donors (Lipinski definition) is 2. The fraction of sp³-hybridized carbons (Fsp3) is 0.333. The number of ether oxygens (including phenoxy) is 1. The number of aliphatic hydroxyl groups is 2. The normalized spacial score (nSPS) is 12.7. The van der Waals surface area contributed by atoms with Gasteiger partial charge in [0.2, 0.25) is 0 Å². The van der Waals surface area contributed by atoms with Crippen LogP contribution in [0.15, 0.2) is 47.4 Å². The zero-order valence-corrected chi connectivity index (χ0v) is 18.0. The van der Waals surface area contributed by atoms with E-state index in [1.807, 2.05) is 6.07 Å². The molecule has 0 amide bonds. The SMILES string of the molecule is OC(O)COc1ccc(SCCCc2cc3ccc(C(F)(F)F)cc3s2)cc1C(F)(F)F. The lowest BCUT2D eigenvalue weighted by Crippen LogP contribution is -2.18. The molecule has 2 N–H and O–H groups in total. The van der Waals surface area contributed by atoms with Gasteiger partial charge in [0.05, 0.1) is 11.1 Å². The van der Waals surface area contributed by atoms with Gasteiger partial charge in [-0.1, -0.05) is 6.07 Å². The fourth-order valence-corrected chi connectivity index (χ4v) is 4.97. The number of hydrogen-bond acceptors (Lipinski definition) is 5. The van der Waals surface area contributed by atoms with Crippen molar-refractivity contribution in [3.63, 3.8) is 0 Å². The molecule has 0 aliphatic rings. The zero-order chi connectivity index (χ0) is 23.5. The van der Waals surface area contributed by atoms with E-state index < -0.39 is 42.1 Å². The summed E-state index contributed by atoms with van der Waals surface area (Å²) in [5.74, 6) is 0.0213. The number of thiophene rings is 1. The minimum Gasteiger partial charge on any atom is -0.488 e. The Hall–Kier alpha value is -1.95. The van der Waals surface area contributed by atoms with Crippen LogP contribution < -0.4 is 4.74 Å². The summed E-state index contributed by atoms with van der Waals surface area (Å²) in [5.41, 5.74) is -1.71. The third-order valence-corrected chi connectivity index (χ3v) is 6.62. The molecule has 0 bridgehead atoms. The molecule has 0 saturated heterocycles. The van der Waals surface area contributed by atoms with E-state index in [1.54, 1.807) is 0 Å². The van der Waals surface area contributed by atoms with Gasteiger partial charge in [0.25, 0.3) is 0 Å². The van der Waals surface area contributed by atoms with Crippen LogP contribution in [0.5, 0.6) is 5.75 Å². The average Bonchev–Trinajstić information content (AvgIpc) is 3.10. The molecule has 1 heterocycles. The van der Waals surface area contributed by atoms with Crippen LogP contribution >= 0.6 is 23.1 Å². The van der Waals surface area contributed by atoms with Gasteiger partial charge < -0.3 is 14.9 Å². The number of thioether (sulfide) groups is 1. The molecule has 0 atom stereocenters. The van der Waals surface area contributed by atoms with Crippen LogP contribution in [0.4, 0.5) is 26.3 Å². The lowest BCUT2D eigenvalue weighted by Gasteiger charge is -2.15. The van der Waals surface area contributed by atoms with Crippen LogP contribution in [0, 0.1) is 0 Å². The third-order valence-electron chi connectivity index (χ3n) is 4.38. The highest BCUT2D eigenvalue weighted by atomic mass is 32.2. The van der Waals surface area contributed by atoms with Crippen LogP contribution in [0.3, 0.4) is 0 Å². The average molecular weight is 496 g/mol. The molecule has 174 valence electrons. The van der Waals surface area contributed by atoms with Gasteiger partial charge in [-0.25, -0.2) is 0 Å². The van der Waals surface area contributed by atoms with E-state index in [4.69, 9.17) is 14.9 Å². The molecule has 1 aromatic heterocycles. The maximum absolute atomic E-state index is 13.3. The quantitative estimate of drug-likeness (QED) is 0.165. The van der Waals surface area contributed by atoms with E-state index in [1.165, 1.54) is 35.2 Å². The Morgan fingerprint density at radius 3 is 2.34 bits per heavy atom. The first kappa shape index (κ1) is 24.7. The molecular weight excluding hydrogens is 478 g/mol. The van der Waals surface area contributed by atoms with Gasteiger partial charge in [-0.15, -0.1) is 23.1 Å². The highest BCUT2D eigenvalue weighted by Crippen LogP contribution is 2.39. The Kier molecular flexibility index (Phi) is 7.64. The van der Waals surface area contributed by atoms with Gasteiger partial charge in [-0.2, -0.15) is 26.3 Å². The van der Waals surface area contributed by atoms with E-state index in [-0.39, 0.29) is 0 Å². The highest BCUT2D eigenvalue weighted by Gasteiger charge is 2.35. The smallest absolute Gasteiger partial charge is 0.420 e. The molecule has 3 aromatic rings. The molecule has 11 heteroatoms. The van der Waals surface area contributed by atoms with Gasteiger partial charge in [0.15, 0.2) is 6.29 Å². The first-order chi connectivity index (χ1) is 14.9. The number of alkyl halides is 6. The molecule has 0 unspecified atom stereocenters. The second kappa shape index (κ2) is 9.90. The van der Waals surface area contributed by atoms with Gasteiger partial charge in [0.1, 0.15) is 12.4 Å². The highest BCUT2D eigenvalue weighted by molar-refractivity contribution is 7.99. The summed E-state index contributed by atoms with van der Waals surface area (Å²) >= 11 is 2.49. The molecule has 3 nitrogen and oxygen atoms in total. The number of aryl methyl sites for hydroxylation is 1. The number of fused-ring (bicyclic) bond motifs is 1. The zero-order valence-electron chi connectivity index (χ0n) is 16.3. The molecule has 32 heavy (non-hydrogen) atoms. The predicted octanol–water partition coefficient (Wildman–Crippen LogP) is 6.35. The summed E-state index contributed by atoms with van der Waals surface area (Å²) in [6, 6.07) is 8.97. The Balaban J connectivity index is 1.60. The maximum atomic E-state index is 13.3. The van der Waals surface area contributed by atoms with E-state index in [0.29, 0.717) is 28.2 Å². The summed E-state index contributed by atoms with van der Waals surface area (Å²) in [6.45, 7) is -0.685. The standard InChI is InChI=1S/C21H18F6O3S2/c22-20(23,24)13-4-3-12-8-15(32-18(12)9-13)2-1-7-31-14-5-6-17(30-11-19(28)29)16(10-14)21(25,26)27/h3-6,8-10,19,28-29H,1-2,7,11H2. The Labute approximate surface area is 187 Å². The monoisotopic (exact) mass is 496 g/mol. The third kappa shape index (κ3) is 6.53. The maximum Gasteiger partial charge on any atom is 0.420 e. The van der Waals surface area contributed by atoms with Crippen molar-refractivity contribution in [1.29, 1.82) is 0 Å². The van der Waals surface area contributed by atoms with Crippen LogP contribution in [-0.4, -0.2) is 28.9 Å². The number of aliphatic hydroxyl groups excluding tert-OH is 1.